The number of carbonyl (C=O) groups excluding carboxylic acids is 1. The van der Waals surface area contributed by atoms with E-state index in [2.05, 4.69) is 11.3 Å². The van der Waals surface area contributed by atoms with Crippen molar-refractivity contribution in [2.45, 2.75) is 25.9 Å². The average Bonchev–Trinajstić information content (AvgIpc) is 2.17. The van der Waals surface area contributed by atoms with Crippen LogP contribution in [0, 0.1) is 0 Å². The maximum absolute atomic E-state index is 10.6. The Morgan fingerprint density at radius 1 is 1.57 bits per heavy atom. The molecule has 0 saturated carbocycles. The first kappa shape index (κ1) is 13.1. The topological polar surface area (TPSA) is 55.8 Å². The fourth-order valence-corrected chi connectivity index (χ4v) is 0.654. The lowest BCUT2D eigenvalue weighted by atomic mass is 10.1. The van der Waals surface area contributed by atoms with Crippen LogP contribution in [0.3, 0.4) is 0 Å². The molecule has 0 radical (unpaired) electrons. The van der Waals surface area contributed by atoms with E-state index in [0.29, 0.717) is 6.42 Å². The zero-order chi connectivity index (χ0) is 11.0. The number of hydrogen-bond acceptors (Lipinski definition) is 4. The number of esters is 1. The van der Waals surface area contributed by atoms with E-state index in [1.807, 2.05) is 6.92 Å². The van der Waals surface area contributed by atoms with Crippen LogP contribution >= 0.6 is 0 Å². The van der Waals surface area contributed by atoms with Gasteiger partial charge < -0.3 is 14.6 Å². The van der Waals surface area contributed by atoms with Crippen LogP contribution in [0.1, 0.15) is 20.3 Å². The Morgan fingerprint density at radius 3 is 2.71 bits per heavy atom. The van der Waals surface area contributed by atoms with E-state index in [4.69, 9.17) is 4.74 Å². The van der Waals surface area contributed by atoms with Crippen LogP contribution in [0.5, 0.6) is 0 Å². The van der Waals surface area contributed by atoms with Crippen LogP contribution < -0.4 is 0 Å². The van der Waals surface area contributed by atoms with Gasteiger partial charge in [-0.15, -0.1) is 0 Å². The van der Waals surface area contributed by atoms with Crippen LogP contribution in [0.15, 0.2) is 12.7 Å². The normalized spacial score (nSPS) is 14.5. The second-order valence-corrected chi connectivity index (χ2v) is 3.27. The second-order valence-electron chi connectivity index (χ2n) is 3.27. The summed E-state index contributed by atoms with van der Waals surface area (Å²) in [5.74, 6) is -0.462. The number of hydrogen-bond donors (Lipinski definition) is 1. The Hall–Kier alpha value is -0.870. The van der Waals surface area contributed by atoms with Gasteiger partial charge in [-0.3, -0.25) is 0 Å². The summed E-state index contributed by atoms with van der Waals surface area (Å²) in [5.41, 5.74) is -0.803. The van der Waals surface area contributed by atoms with Crippen molar-refractivity contribution in [3.05, 3.63) is 12.7 Å². The highest BCUT2D eigenvalue weighted by molar-refractivity contribution is 5.81. The maximum Gasteiger partial charge on any atom is 0.330 e. The quantitative estimate of drug-likeness (QED) is 0.378. The Labute approximate surface area is 84.5 Å². The van der Waals surface area contributed by atoms with Gasteiger partial charge in [0.25, 0.3) is 0 Å². The van der Waals surface area contributed by atoms with Crippen molar-refractivity contribution in [1.82, 2.24) is 0 Å². The first-order chi connectivity index (χ1) is 6.52. The van der Waals surface area contributed by atoms with Crippen LogP contribution in [0.25, 0.3) is 0 Å². The van der Waals surface area contributed by atoms with Crippen molar-refractivity contribution >= 4 is 5.97 Å². The predicted molar refractivity (Wildman–Crippen MR) is 52.9 cm³/mol. The van der Waals surface area contributed by atoms with Gasteiger partial charge in [-0.25, -0.2) is 4.79 Å². The molecule has 4 nitrogen and oxygen atoms in total. The van der Waals surface area contributed by atoms with Gasteiger partial charge in [0, 0.05) is 6.08 Å². The van der Waals surface area contributed by atoms with Crippen molar-refractivity contribution in [2.24, 2.45) is 0 Å². The summed E-state index contributed by atoms with van der Waals surface area (Å²) in [6, 6.07) is 0. The van der Waals surface area contributed by atoms with E-state index in [1.54, 1.807) is 6.92 Å². The Kier molecular flexibility index (Phi) is 6.16. The molecule has 1 unspecified atom stereocenters. The molecule has 82 valence electrons. The minimum Gasteiger partial charge on any atom is -0.460 e. The third-order valence-electron chi connectivity index (χ3n) is 1.81. The fraction of sp³-hybridized carbons (Fsp3) is 0.700. The van der Waals surface area contributed by atoms with Gasteiger partial charge in [0.15, 0.2) is 0 Å². The molecule has 0 bridgehead atoms. The smallest absolute Gasteiger partial charge is 0.330 e. The molecule has 0 spiro atoms. The molecule has 1 atom stereocenters. The number of aliphatic hydroxyl groups is 1. The third-order valence-corrected chi connectivity index (χ3v) is 1.81. The third kappa shape index (κ3) is 6.62. The van der Waals surface area contributed by atoms with Crippen LogP contribution in [-0.2, 0) is 14.3 Å². The zero-order valence-corrected chi connectivity index (χ0v) is 8.78. The summed E-state index contributed by atoms with van der Waals surface area (Å²) >= 11 is 0. The second kappa shape index (κ2) is 6.56. The van der Waals surface area contributed by atoms with Crippen molar-refractivity contribution in [1.29, 1.82) is 0 Å². The summed E-state index contributed by atoms with van der Waals surface area (Å²) in [7, 11) is 0. The molecule has 0 amide bonds. The number of ether oxygens (including phenoxy) is 2. The van der Waals surface area contributed by atoms with Crippen LogP contribution in [-0.4, -0.2) is 36.5 Å². The molecule has 0 rings (SSSR count). The molecule has 0 aromatic heterocycles. The van der Waals surface area contributed by atoms with Crippen LogP contribution in [0.2, 0.25) is 0 Å². The summed E-state index contributed by atoms with van der Waals surface area (Å²) in [6.45, 7) is 7.55. The van der Waals surface area contributed by atoms with Gasteiger partial charge in [-0.2, -0.15) is 0 Å². The number of carbonyl (C=O) groups is 1. The van der Waals surface area contributed by atoms with E-state index in [1.165, 1.54) is 0 Å². The highest BCUT2D eigenvalue weighted by Crippen LogP contribution is 2.07. The minimum atomic E-state index is -0.803. The summed E-state index contributed by atoms with van der Waals surface area (Å²) in [4.78, 5) is 10.6. The maximum atomic E-state index is 10.6. The van der Waals surface area contributed by atoms with Gasteiger partial charge in [0.05, 0.1) is 18.8 Å². The van der Waals surface area contributed by atoms with Gasteiger partial charge >= 0.3 is 5.97 Å². The van der Waals surface area contributed by atoms with Crippen molar-refractivity contribution in [2.75, 3.05) is 19.8 Å². The molecule has 0 aromatic carbocycles. The fourth-order valence-electron chi connectivity index (χ4n) is 0.654. The molecule has 0 aliphatic rings. The average molecular weight is 202 g/mol. The standard InChI is InChI=1S/C10H18O4/c1-4-9(11)14-7-6-13-8-10(3,12)5-2/h4,12H,1,5-8H2,2-3H3. The lowest BCUT2D eigenvalue weighted by Crippen LogP contribution is -2.30. The van der Waals surface area contributed by atoms with Gasteiger partial charge in [0.2, 0.25) is 0 Å². The first-order valence-corrected chi connectivity index (χ1v) is 4.61. The van der Waals surface area contributed by atoms with Gasteiger partial charge in [-0.05, 0) is 13.3 Å². The molecule has 0 aromatic rings. The van der Waals surface area contributed by atoms with Crippen molar-refractivity contribution in [3.8, 4) is 0 Å². The van der Waals surface area contributed by atoms with Crippen LogP contribution in [0.4, 0.5) is 0 Å². The first-order valence-electron chi connectivity index (χ1n) is 4.61. The molecule has 0 fully saturated rings. The van der Waals surface area contributed by atoms with E-state index >= 15 is 0 Å². The predicted octanol–water partition coefficient (Wildman–Crippen LogP) is 0.893. The highest BCUT2D eigenvalue weighted by Gasteiger charge is 2.17. The van der Waals surface area contributed by atoms with Gasteiger partial charge in [-0.1, -0.05) is 13.5 Å². The van der Waals surface area contributed by atoms with Crippen molar-refractivity contribution < 1.29 is 19.4 Å². The lowest BCUT2D eigenvalue weighted by Gasteiger charge is -2.20. The molecule has 14 heavy (non-hydrogen) atoms. The Morgan fingerprint density at radius 2 is 2.21 bits per heavy atom. The van der Waals surface area contributed by atoms with Gasteiger partial charge in [0.1, 0.15) is 6.61 Å². The highest BCUT2D eigenvalue weighted by atomic mass is 16.6. The van der Waals surface area contributed by atoms with E-state index in [0.717, 1.165) is 6.08 Å². The molecule has 4 heteroatoms. The minimum absolute atomic E-state index is 0.185. The summed E-state index contributed by atoms with van der Waals surface area (Å²) in [5, 5.41) is 9.53. The molecule has 0 saturated heterocycles. The zero-order valence-electron chi connectivity index (χ0n) is 8.78. The number of rotatable bonds is 7. The van der Waals surface area contributed by atoms with Crippen molar-refractivity contribution in [3.63, 3.8) is 0 Å². The SMILES string of the molecule is C=CC(=O)OCCOCC(C)(O)CC. The molecule has 0 heterocycles. The summed E-state index contributed by atoms with van der Waals surface area (Å²) in [6.07, 6.45) is 1.72. The molecular formula is C10H18O4. The largest absolute Gasteiger partial charge is 0.460 e. The van der Waals surface area contributed by atoms with E-state index in [9.17, 15) is 9.90 Å². The Balaban J connectivity index is 3.38. The van der Waals surface area contributed by atoms with E-state index < -0.39 is 11.6 Å². The molecule has 0 aliphatic carbocycles. The molecule has 1 N–H and O–H groups in total. The van der Waals surface area contributed by atoms with E-state index in [-0.39, 0.29) is 19.8 Å². The molecule has 0 aliphatic heterocycles. The molecular weight excluding hydrogens is 184 g/mol. The lowest BCUT2D eigenvalue weighted by molar-refractivity contribution is -0.140. The monoisotopic (exact) mass is 202 g/mol. The summed E-state index contributed by atoms with van der Waals surface area (Å²) < 4.78 is 9.80. The Bertz CT molecular complexity index is 187.